The number of carbonyl (C=O) groups is 1. The average molecular weight is 245 g/mol. The summed E-state index contributed by atoms with van der Waals surface area (Å²) in [6, 6.07) is 0.408. The number of hydrogen-bond acceptors (Lipinski definition) is 4. The minimum absolute atomic E-state index is 0.301. The molecule has 0 aromatic rings. The van der Waals surface area contributed by atoms with Crippen LogP contribution in [0.25, 0.3) is 0 Å². The molecule has 94 valence electrons. The highest BCUT2D eigenvalue weighted by atomic mass is 32.2. The molecular formula is C12H23NO2S. The molecule has 0 heterocycles. The van der Waals surface area contributed by atoms with Crippen molar-refractivity contribution in [3.8, 4) is 0 Å². The lowest BCUT2D eigenvalue weighted by Gasteiger charge is -2.13. The molecule has 0 aromatic heterocycles. The highest BCUT2D eigenvalue weighted by Crippen LogP contribution is 2.04. The topological polar surface area (TPSA) is 38.3 Å². The van der Waals surface area contributed by atoms with Gasteiger partial charge in [0.05, 0.1) is 6.61 Å². The Kier molecular flexibility index (Phi) is 9.43. The molecule has 0 amide bonds. The quantitative estimate of drug-likeness (QED) is 0.384. The van der Waals surface area contributed by atoms with E-state index in [1.807, 2.05) is 11.8 Å². The predicted octanol–water partition coefficient (Wildman–Crippen LogP) is 2.23. The van der Waals surface area contributed by atoms with Crippen molar-refractivity contribution in [2.75, 3.05) is 24.7 Å². The fourth-order valence-corrected chi connectivity index (χ4v) is 1.92. The van der Waals surface area contributed by atoms with Crippen molar-refractivity contribution >= 4 is 17.7 Å². The summed E-state index contributed by atoms with van der Waals surface area (Å²) in [5.41, 5.74) is 0.497. The lowest BCUT2D eigenvalue weighted by molar-refractivity contribution is -0.138. The van der Waals surface area contributed by atoms with Gasteiger partial charge in [0.2, 0.25) is 0 Å². The number of esters is 1. The molecular weight excluding hydrogens is 222 g/mol. The molecule has 0 aromatic carbocycles. The molecule has 0 aliphatic carbocycles. The lowest BCUT2D eigenvalue weighted by atomic mass is 10.2. The Labute approximate surface area is 103 Å². The fraction of sp³-hybridized carbons (Fsp3) is 0.750. The summed E-state index contributed by atoms with van der Waals surface area (Å²) in [6.07, 6.45) is 1.11. The largest absolute Gasteiger partial charge is 0.463 e. The molecule has 0 aliphatic heterocycles. The Morgan fingerprint density at radius 1 is 1.50 bits per heavy atom. The van der Waals surface area contributed by atoms with Crippen LogP contribution in [0.4, 0.5) is 0 Å². The monoisotopic (exact) mass is 245 g/mol. The van der Waals surface area contributed by atoms with Crippen LogP contribution in [0.15, 0.2) is 12.2 Å². The Bertz CT molecular complexity index is 219. The maximum atomic E-state index is 11.3. The Balaban J connectivity index is 3.62. The summed E-state index contributed by atoms with van der Waals surface area (Å²) in [7, 11) is 0. The molecule has 0 aliphatic rings. The van der Waals surface area contributed by atoms with Gasteiger partial charge in [-0.25, -0.2) is 4.79 Å². The molecule has 0 bridgehead atoms. The molecule has 16 heavy (non-hydrogen) atoms. The number of hydrogen-bond donors (Lipinski definition) is 1. The molecule has 4 heteroatoms. The SMILES string of the molecule is C=C(CNC(C)CCSCC)C(=O)OCC. The predicted molar refractivity (Wildman–Crippen MR) is 70.9 cm³/mol. The third-order valence-electron chi connectivity index (χ3n) is 2.13. The summed E-state index contributed by atoms with van der Waals surface area (Å²) in [5.74, 6) is 2.00. The fourth-order valence-electron chi connectivity index (χ4n) is 1.11. The Morgan fingerprint density at radius 3 is 2.75 bits per heavy atom. The van der Waals surface area contributed by atoms with E-state index in [1.54, 1.807) is 6.92 Å². The van der Waals surface area contributed by atoms with Gasteiger partial charge in [-0.1, -0.05) is 13.5 Å². The molecule has 0 fully saturated rings. The normalized spacial score (nSPS) is 12.2. The van der Waals surface area contributed by atoms with Gasteiger partial charge in [0.15, 0.2) is 0 Å². The third-order valence-corrected chi connectivity index (χ3v) is 3.06. The van der Waals surface area contributed by atoms with E-state index in [1.165, 1.54) is 0 Å². The zero-order chi connectivity index (χ0) is 12.4. The lowest BCUT2D eigenvalue weighted by Crippen LogP contribution is -2.30. The van der Waals surface area contributed by atoms with Crippen LogP contribution in [0.3, 0.4) is 0 Å². The van der Waals surface area contributed by atoms with Crippen LogP contribution < -0.4 is 5.32 Å². The molecule has 1 atom stereocenters. The maximum absolute atomic E-state index is 11.3. The van der Waals surface area contributed by atoms with E-state index in [2.05, 4.69) is 25.7 Å². The molecule has 3 nitrogen and oxygen atoms in total. The number of ether oxygens (including phenoxy) is 1. The minimum Gasteiger partial charge on any atom is -0.463 e. The Hall–Kier alpha value is -0.480. The highest BCUT2D eigenvalue weighted by Gasteiger charge is 2.08. The van der Waals surface area contributed by atoms with Gasteiger partial charge in [-0.05, 0) is 31.8 Å². The van der Waals surface area contributed by atoms with Crippen LogP contribution in [0, 0.1) is 0 Å². The van der Waals surface area contributed by atoms with Crippen LogP contribution in [-0.2, 0) is 9.53 Å². The van der Waals surface area contributed by atoms with E-state index in [-0.39, 0.29) is 5.97 Å². The zero-order valence-electron chi connectivity index (χ0n) is 10.5. The van der Waals surface area contributed by atoms with Crippen molar-refractivity contribution in [1.82, 2.24) is 5.32 Å². The zero-order valence-corrected chi connectivity index (χ0v) is 11.4. The smallest absolute Gasteiger partial charge is 0.334 e. The Morgan fingerprint density at radius 2 is 2.19 bits per heavy atom. The summed E-state index contributed by atoms with van der Waals surface area (Å²) in [5, 5.41) is 3.27. The summed E-state index contributed by atoms with van der Waals surface area (Å²) >= 11 is 1.93. The van der Waals surface area contributed by atoms with Gasteiger partial charge in [-0.2, -0.15) is 11.8 Å². The van der Waals surface area contributed by atoms with E-state index >= 15 is 0 Å². The van der Waals surface area contributed by atoms with Gasteiger partial charge in [-0.15, -0.1) is 0 Å². The van der Waals surface area contributed by atoms with E-state index in [4.69, 9.17) is 4.74 Å². The van der Waals surface area contributed by atoms with E-state index in [0.29, 0.717) is 24.8 Å². The van der Waals surface area contributed by atoms with Gasteiger partial charge < -0.3 is 10.1 Å². The number of thioether (sulfide) groups is 1. The van der Waals surface area contributed by atoms with Crippen LogP contribution in [0.5, 0.6) is 0 Å². The second-order valence-electron chi connectivity index (χ2n) is 3.59. The van der Waals surface area contributed by atoms with Crippen LogP contribution in [0.2, 0.25) is 0 Å². The van der Waals surface area contributed by atoms with Gasteiger partial charge in [0, 0.05) is 18.2 Å². The second kappa shape index (κ2) is 9.73. The minimum atomic E-state index is -0.301. The molecule has 1 unspecified atom stereocenters. The molecule has 0 spiro atoms. The van der Waals surface area contributed by atoms with E-state index in [0.717, 1.165) is 17.9 Å². The van der Waals surface area contributed by atoms with Crippen LogP contribution in [0.1, 0.15) is 27.2 Å². The van der Waals surface area contributed by atoms with E-state index in [9.17, 15) is 4.79 Å². The number of carbonyl (C=O) groups excluding carboxylic acids is 1. The van der Waals surface area contributed by atoms with Crippen molar-refractivity contribution in [3.63, 3.8) is 0 Å². The van der Waals surface area contributed by atoms with Gasteiger partial charge >= 0.3 is 5.97 Å². The number of rotatable bonds is 9. The third kappa shape index (κ3) is 7.77. The van der Waals surface area contributed by atoms with Gasteiger partial charge in [0.25, 0.3) is 0 Å². The molecule has 0 saturated heterocycles. The van der Waals surface area contributed by atoms with Crippen molar-refractivity contribution < 1.29 is 9.53 Å². The first-order valence-corrected chi connectivity index (χ1v) is 6.93. The second-order valence-corrected chi connectivity index (χ2v) is 4.99. The molecule has 0 rings (SSSR count). The van der Waals surface area contributed by atoms with Crippen molar-refractivity contribution in [1.29, 1.82) is 0 Å². The van der Waals surface area contributed by atoms with Crippen molar-refractivity contribution in [3.05, 3.63) is 12.2 Å². The molecule has 1 N–H and O–H groups in total. The van der Waals surface area contributed by atoms with Crippen molar-refractivity contribution in [2.45, 2.75) is 33.2 Å². The maximum Gasteiger partial charge on any atom is 0.334 e. The first kappa shape index (κ1) is 15.5. The van der Waals surface area contributed by atoms with Crippen LogP contribution in [-0.4, -0.2) is 36.7 Å². The highest BCUT2D eigenvalue weighted by molar-refractivity contribution is 7.99. The summed E-state index contributed by atoms with van der Waals surface area (Å²) in [6.45, 7) is 10.7. The molecule has 0 saturated carbocycles. The first-order valence-electron chi connectivity index (χ1n) is 5.77. The summed E-state index contributed by atoms with van der Waals surface area (Å²) < 4.78 is 4.85. The van der Waals surface area contributed by atoms with Crippen LogP contribution >= 0.6 is 11.8 Å². The van der Waals surface area contributed by atoms with E-state index < -0.39 is 0 Å². The standard InChI is InChI=1S/C12H23NO2S/c1-5-15-12(14)10(3)9-13-11(4)7-8-16-6-2/h11,13H,3,5-9H2,1-2,4H3. The van der Waals surface area contributed by atoms with Crippen molar-refractivity contribution in [2.24, 2.45) is 0 Å². The van der Waals surface area contributed by atoms with Gasteiger partial charge in [-0.3, -0.25) is 0 Å². The summed E-state index contributed by atoms with van der Waals surface area (Å²) in [4.78, 5) is 11.3. The average Bonchev–Trinajstić information content (AvgIpc) is 2.26. The molecule has 0 radical (unpaired) electrons. The number of nitrogens with one attached hydrogen (secondary N) is 1. The first-order chi connectivity index (χ1) is 7.61. The van der Waals surface area contributed by atoms with Gasteiger partial charge in [0.1, 0.15) is 0 Å².